The molecular formula is C11H14N2O7S. The molecular weight excluding hydrogens is 304 g/mol. The second-order valence-corrected chi connectivity index (χ2v) is 5.82. The molecule has 9 nitrogen and oxygen atoms in total. The quantitative estimate of drug-likeness (QED) is 0.429. The Labute approximate surface area is 120 Å². The van der Waals surface area contributed by atoms with Crippen molar-refractivity contribution in [3.63, 3.8) is 0 Å². The van der Waals surface area contributed by atoms with Gasteiger partial charge in [-0.25, -0.2) is 17.9 Å². The van der Waals surface area contributed by atoms with Crippen molar-refractivity contribution in [2.45, 2.75) is 17.9 Å². The molecule has 0 aliphatic heterocycles. The number of aliphatic hydroxyl groups is 1. The summed E-state index contributed by atoms with van der Waals surface area (Å²) in [5.74, 6) is -1.02. The second-order valence-electron chi connectivity index (χ2n) is 4.13. The van der Waals surface area contributed by atoms with Crippen LogP contribution in [0.4, 0.5) is 5.69 Å². The molecule has 0 bridgehead atoms. The maximum atomic E-state index is 12.1. The number of nitro groups is 1. The molecule has 0 amide bonds. The van der Waals surface area contributed by atoms with Gasteiger partial charge in [-0.3, -0.25) is 10.1 Å². The number of carbonyl (C=O) groups excluding carboxylic acids is 1. The zero-order valence-electron chi connectivity index (χ0n) is 11.3. The number of aliphatic hydroxyl groups excluding tert-OH is 1. The van der Waals surface area contributed by atoms with Gasteiger partial charge in [-0.05, 0) is 13.0 Å². The third kappa shape index (κ3) is 3.97. The Kier molecular flexibility index (Phi) is 5.35. The number of non-ortho nitro benzene ring substituents is 1. The first-order chi connectivity index (χ1) is 9.72. The van der Waals surface area contributed by atoms with Crippen molar-refractivity contribution >= 4 is 21.7 Å². The number of esters is 1. The van der Waals surface area contributed by atoms with E-state index in [1.807, 2.05) is 0 Å². The Morgan fingerprint density at radius 2 is 2.14 bits per heavy atom. The molecule has 0 radical (unpaired) electrons. The highest BCUT2D eigenvalue weighted by Crippen LogP contribution is 2.22. The smallest absolute Gasteiger partial charge is 0.339 e. The molecule has 21 heavy (non-hydrogen) atoms. The van der Waals surface area contributed by atoms with Gasteiger partial charge in [0.15, 0.2) is 0 Å². The first kappa shape index (κ1) is 17.0. The first-order valence-electron chi connectivity index (χ1n) is 5.73. The third-order valence-electron chi connectivity index (χ3n) is 2.50. The standard InChI is InChI=1S/C11H14N2O7S/c1-7(6-14)12-21(18,19)10-4-3-8(13(16)17)5-9(10)11(15)20-2/h3-5,7,12,14H,6H2,1-2H3/t7-/m0/s1. The summed E-state index contributed by atoms with van der Waals surface area (Å²) >= 11 is 0. The van der Waals surface area contributed by atoms with Gasteiger partial charge in [-0.2, -0.15) is 0 Å². The Bertz CT molecular complexity index is 657. The largest absolute Gasteiger partial charge is 0.465 e. The molecule has 0 unspecified atom stereocenters. The summed E-state index contributed by atoms with van der Waals surface area (Å²) in [6.45, 7) is 0.973. The van der Waals surface area contributed by atoms with Crippen LogP contribution in [0.1, 0.15) is 17.3 Å². The predicted molar refractivity (Wildman–Crippen MR) is 71.3 cm³/mol. The van der Waals surface area contributed by atoms with Crippen LogP contribution in [-0.2, 0) is 14.8 Å². The third-order valence-corrected chi connectivity index (χ3v) is 4.15. The lowest BCUT2D eigenvalue weighted by molar-refractivity contribution is -0.384. The summed E-state index contributed by atoms with van der Waals surface area (Å²) in [5.41, 5.74) is -0.895. The molecule has 2 N–H and O–H groups in total. The summed E-state index contributed by atoms with van der Waals surface area (Å²) in [6, 6.07) is 1.95. The van der Waals surface area contributed by atoms with Gasteiger partial charge >= 0.3 is 5.97 Å². The SMILES string of the molecule is COC(=O)c1cc([N+](=O)[O-])ccc1S(=O)(=O)N[C@@H](C)CO. The molecule has 1 aromatic rings. The first-order valence-corrected chi connectivity index (χ1v) is 7.21. The number of nitro benzene ring substituents is 1. The Morgan fingerprint density at radius 1 is 1.52 bits per heavy atom. The van der Waals surface area contributed by atoms with Crippen molar-refractivity contribution < 1.29 is 28.0 Å². The van der Waals surface area contributed by atoms with Crippen molar-refractivity contribution in [3.8, 4) is 0 Å². The number of nitrogens with zero attached hydrogens (tertiary/aromatic N) is 1. The van der Waals surface area contributed by atoms with E-state index in [9.17, 15) is 23.3 Å². The van der Waals surface area contributed by atoms with E-state index in [4.69, 9.17) is 5.11 Å². The molecule has 0 spiro atoms. The average Bonchev–Trinajstić information content (AvgIpc) is 2.44. The van der Waals surface area contributed by atoms with Crippen LogP contribution < -0.4 is 4.72 Å². The monoisotopic (exact) mass is 318 g/mol. The Morgan fingerprint density at radius 3 is 2.62 bits per heavy atom. The molecule has 10 heteroatoms. The van der Waals surface area contributed by atoms with Crippen LogP contribution in [-0.4, -0.2) is 44.2 Å². The van der Waals surface area contributed by atoms with Crippen molar-refractivity contribution in [1.82, 2.24) is 4.72 Å². The van der Waals surface area contributed by atoms with Gasteiger partial charge in [0, 0.05) is 18.2 Å². The highest BCUT2D eigenvalue weighted by Gasteiger charge is 2.26. The van der Waals surface area contributed by atoms with Crippen molar-refractivity contribution in [2.24, 2.45) is 0 Å². The fourth-order valence-corrected chi connectivity index (χ4v) is 2.91. The van der Waals surface area contributed by atoms with E-state index in [0.29, 0.717) is 0 Å². The molecule has 1 atom stereocenters. The van der Waals surface area contributed by atoms with Gasteiger partial charge in [0.1, 0.15) is 0 Å². The topological polar surface area (TPSA) is 136 Å². The van der Waals surface area contributed by atoms with E-state index in [-0.39, 0.29) is 0 Å². The molecule has 0 saturated carbocycles. The van der Waals surface area contributed by atoms with Gasteiger partial charge in [0.2, 0.25) is 10.0 Å². The average molecular weight is 318 g/mol. The minimum Gasteiger partial charge on any atom is -0.465 e. The number of hydrogen-bond acceptors (Lipinski definition) is 7. The minimum atomic E-state index is -4.13. The lowest BCUT2D eigenvalue weighted by Gasteiger charge is -2.13. The molecule has 1 rings (SSSR count). The number of hydrogen-bond donors (Lipinski definition) is 2. The van der Waals surface area contributed by atoms with Crippen molar-refractivity contribution in [3.05, 3.63) is 33.9 Å². The molecule has 0 aliphatic rings. The highest BCUT2D eigenvalue weighted by molar-refractivity contribution is 7.89. The van der Waals surface area contributed by atoms with Gasteiger partial charge in [0.05, 0.1) is 29.1 Å². The maximum Gasteiger partial charge on any atom is 0.339 e. The van der Waals surface area contributed by atoms with E-state index < -0.39 is 49.7 Å². The van der Waals surface area contributed by atoms with Crippen LogP contribution in [0, 0.1) is 10.1 Å². The summed E-state index contributed by atoms with van der Waals surface area (Å²) in [5, 5.41) is 19.6. The molecule has 0 fully saturated rings. The van der Waals surface area contributed by atoms with Crippen LogP contribution >= 0.6 is 0 Å². The van der Waals surface area contributed by atoms with Crippen molar-refractivity contribution in [2.75, 3.05) is 13.7 Å². The van der Waals surface area contributed by atoms with E-state index in [1.165, 1.54) is 6.92 Å². The minimum absolute atomic E-state index is 0.440. The van der Waals surface area contributed by atoms with Crippen LogP contribution in [0.25, 0.3) is 0 Å². The van der Waals surface area contributed by atoms with E-state index in [0.717, 1.165) is 25.3 Å². The fraction of sp³-hybridized carbons (Fsp3) is 0.364. The lowest BCUT2D eigenvalue weighted by Crippen LogP contribution is -2.35. The molecule has 0 aromatic heterocycles. The normalized spacial score (nSPS) is 12.7. The number of carbonyl (C=O) groups is 1. The molecule has 1 aromatic carbocycles. The predicted octanol–water partition coefficient (Wildman–Crippen LogP) is 0.0405. The zero-order valence-corrected chi connectivity index (χ0v) is 12.1. The van der Waals surface area contributed by atoms with Gasteiger partial charge in [0.25, 0.3) is 5.69 Å². The van der Waals surface area contributed by atoms with Crippen LogP contribution in [0.5, 0.6) is 0 Å². The van der Waals surface area contributed by atoms with E-state index in [2.05, 4.69) is 9.46 Å². The van der Waals surface area contributed by atoms with Gasteiger partial charge in [-0.1, -0.05) is 0 Å². The lowest BCUT2D eigenvalue weighted by atomic mass is 10.2. The summed E-state index contributed by atoms with van der Waals surface area (Å²) in [7, 11) is -3.10. The molecule has 0 aliphatic carbocycles. The van der Waals surface area contributed by atoms with Crippen LogP contribution in [0.2, 0.25) is 0 Å². The molecule has 0 heterocycles. The Hall–Kier alpha value is -2.04. The van der Waals surface area contributed by atoms with E-state index in [1.54, 1.807) is 0 Å². The number of rotatable bonds is 6. The number of ether oxygens (including phenoxy) is 1. The number of nitrogens with one attached hydrogen (secondary N) is 1. The van der Waals surface area contributed by atoms with Crippen LogP contribution in [0.3, 0.4) is 0 Å². The zero-order chi connectivity index (χ0) is 16.2. The van der Waals surface area contributed by atoms with Crippen molar-refractivity contribution in [1.29, 1.82) is 0 Å². The number of benzene rings is 1. The maximum absolute atomic E-state index is 12.1. The van der Waals surface area contributed by atoms with Gasteiger partial charge in [-0.15, -0.1) is 0 Å². The highest BCUT2D eigenvalue weighted by atomic mass is 32.2. The number of methoxy groups -OCH3 is 1. The Balaban J connectivity index is 3.41. The van der Waals surface area contributed by atoms with Gasteiger partial charge < -0.3 is 9.84 Å². The number of sulfonamides is 1. The summed E-state index contributed by atoms with van der Waals surface area (Å²) in [6.07, 6.45) is 0. The fourth-order valence-electron chi connectivity index (χ4n) is 1.50. The molecule has 116 valence electrons. The summed E-state index contributed by atoms with van der Waals surface area (Å²) in [4.78, 5) is 21.1. The second kappa shape index (κ2) is 6.61. The molecule has 0 saturated heterocycles. The van der Waals surface area contributed by atoms with Crippen LogP contribution in [0.15, 0.2) is 23.1 Å². The van der Waals surface area contributed by atoms with E-state index >= 15 is 0 Å². The summed E-state index contributed by atoms with van der Waals surface area (Å²) < 4.78 is 30.8.